The summed E-state index contributed by atoms with van der Waals surface area (Å²) in [4.78, 5) is 2.21. The molecule has 0 saturated carbocycles. The molecule has 0 spiro atoms. The fourth-order valence-electron chi connectivity index (χ4n) is 2.78. The summed E-state index contributed by atoms with van der Waals surface area (Å²) in [6.07, 6.45) is -1.42. The van der Waals surface area contributed by atoms with Crippen molar-refractivity contribution in [2.75, 3.05) is 26.2 Å². The lowest BCUT2D eigenvalue weighted by atomic mass is 9.98. The normalized spacial score (nSPS) is 16.5. The van der Waals surface area contributed by atoms with Crippen molar-refractivity contribution in [3.63, 3.8) is 0 Å². The molecule has 138 valence electrons. The van der Waals surface area contributed by atoms with Crippen molar-refractivity contribution in [2.24, 2.45) is 0 Å². The molecular weight excluding hydrogens is 364 g/mol. The van der Waals surface area contributed by atoms with Crippen LogP contribution in [0.1, 0.15) is 24.4 Å². The van der Waals surface area contributed by atoms with Crippen LogP contribution < -0.4 is 10.1 Å². The molecule has 8 heteroatoms. The molecule has 0 amide bonds. The van der Waals surface area contributed by atoms with Gasteiger partial charge in [-0.2, -0.15) is 0 Å². The lowest BCUT2D eigenvalue weighted by Gasteiger charge is -2.36. The van der Waals surface area contributed by atoms with Crippen LogP contribution in [0.25, 0.3) is 0 Å². The molecule has 1 aromatic carbocycles. The van der Waals surface area contributed by atoms with Crippen molar-refractivity contribution in [2.45, 2.75) is 25.2 Å². The highest BCUT2D eigenvalue weighted by atomic mass is 35.5. The first-order valence-corrected chi connectivity index (χ1v) is 7.41. The van der Waals surface area contributed by atoms with Crippen LogP contribution in [0.15, 0.2) is 36.9 Å². The zero-order chi connectivity index (χ0) is 16.0. The summed E-state index contributed by atoms with van der Waals surface area (Å²) < 4.78 is 42.1. The third kappa shape index (κ3) is 6.89. The zero-order valence-electron chi connectivity index (χ0n) is 13.2. The monoisotopic (exact) mass is 386 g/mol. The van der Waals surface area contributed by atoms with Crippen LogP contribution in [-0.4, -0.2) is 37.4 Å². The van der Waals surface area contributed by atoms with Gasteiger partial charge in [0, 0.05) is 37.8 Å². The molecule has 1 fully saturated rings. The van der Waals surface area contributed by atoms with Crippen molar-refractivity contribution in [1.82, 2.24) is 10.2 Å². The van der Waals surface area contributed by atoms with E-state index >= 15 is 0 Å². The van der Waals surface area contributed by atoms with Gasteiger partial charge in [0.25, 0.3) is 0 Å². The van der Waals surface area contributed by atoms with E-state index in [1.165, 1.54) is 6.07 Å². The predicted octanol–water partition coefficient (Wildman–Crippen LogP) is 4.34. The quantitative estimate of drug-likeness (QED) is 0.735. The highest BCUT2D eigenvalue weighted by molar-refractivity contribution is 5.85. The van der Waals surface area contributed by atoms with Crippen molar-refractivity contribution >= 4 is 24.8 Å². The average molecular weight is 387 g/mol. The van der Waals surface area contributed by atoms with Crippen molar-refractivity contribution in [3.8, 4) is 5.75 Å². The minimum atomic E-state index is -4.68. The Hall–Kier alpha value is -0.950. The average Bonchev–Trinajstić information content (AvgIpc) is 2.49. The van der Waals surface area contributed by atoms with Gasteiger partial charge in [0.1, 0.15) is 5.75 Å². The van der Waals surface area contributed by atoms with Gasteiger partial charge in [-0.3, -0.25) is 4.90 Å². The van der Waals surface area contributed by atoms with Crippen LogP contribution in [0.5, 0.6) is 5.75 Å². The largest absolute Gasteiger partial charge is 0.573 e. The molecule has 2 rings (SSSR count). The van der Waals surface area contributed by atoms with E-state index in [9.17, 15) is 13.2 Å². The van der Waals surface area contributed by atoms with E-state index in [1.54, 1.807) is 24.3 Å². The summed E-state index contributed by atoms with van der Waals surface area (Å²) >= 11 is 0. The number of para-hydroxylation sites is 1. The van der Waals surface area contributed by atoms with E-state index in [2.05, 4.69) is 21.5 Å². The molecule has 1 N–H and O–H groups in total. The first-order chi connectivity index (χ1) is 10.5. The number of alkyl halides is 3. The molecule has 3 nitrogen and oxygen atoms in total. The van der Waals surface area contributed by atoms with Crippen molar-refractivity contribution < 1.29 is 17.9 Å². The third-order valence-corrected chi connectivity index (χ3v) is 3.74. The van der Waals surface area contributed by atoms with Gasteiger partial charge in [0.05, 0.1) is 0 Å². The summed E-state index contributed by atoms with van der Waals surface area (Å²) in [5.74, 6) is -0.109. The molecular formula is C16H23Cl2F3N2O. The first kappa shape index (κ1) is 23.1. The van der Waals surface area contributed by atoms with Gasteiger partial charge < -0.3 is 10.1 Å². The molecule has 0 radical (unpaired) electrons. The van der Waals surface area contributed by atoms with Crippen LogP contribution in [0.3, 0.4) is 0 Å². The SMILES string of the molecule is C=CCC[C@@H](c1ccccc1OC(F)(F)F)N1CCNCC1.Cl.Cl. The zero-order valence-corrected chi connectivity index (χ0v) is 14.9. The van der Waals surface area contributed by atoms with E-state index < -0.39 is 6.36 Å². The van der Waals surface area contributed by atoms with Gasteiger partial charge in [0.2, 0.25) is 0 Å². The number of allylic oxidation sites excluding steroid dienone is 1. The number of halogens is 5. The van der Waals surface area contributed by atoms with Crippen molar-refractivity contribution in [3.05, 3.63) is 42.5 Å². The second kappa shape index (κ2) is 10.8. The van der Waals surface area contributed by atoms with Crippen LogP contribution >= 0.6 is 24.8 Å². The Morgan fingerprint density at radius 2 is 1.83 bits per heavy atom. The fraction of sp³-hybridized carbons (Fsp3) is 0.500. The Balaban J connectivity index is 0.00000264. The molecule has 1 aliphatic rings. The van der Waals surface area contributed by atoms with E-state index in [0.29, 0.717) is 5.56 Å². The maximum absolute atomic E-state index is 12.6. The van der Waals surface area contributed by atoms with Crippen molar-refractivity contribution in [1.29, 1.82) is 0 Å². The Bertz CT molecular complexity index is 494. The molecule has 0 aromatic heterocycles. The molecule has 0 unspecified atom stereocenters. The molecule has 1 aromatic rings. The summed E-state index contributed by atoms with van der Waals surface area (Å²) in [6, 6.07) is 6.32. The predicted molar refractivity (Wildman–Crippen MR) is 94.2 cm³/mol. The molecule has 1 heterocycles. The van der Waals surface area contributed by atoms with Crippen LogP contribution in [0.2, 0.25) is 0 Å². The van der Waals surface area contributed by atoms with Gasteiger partial charge in [-0.1, -0.05) is 24.3 Å². The number of nitrogens with zero attached hydrogens (tertiary/aromatic N) is 1. The topological polar surface area (TPSA) is 24.5 Å². The number of hydrogen-bond donors (Lipinski definition) is 1. The van der Waals surface area contributed by atoms with Crippen LogP contribution in [0.4, 0.5) is 13.2 Å². The first-order valence-electron chi connectivity index (χ1n) is 7.41. The number of piperazine rings is 1. The molecule has 0 bridgehead atoms. The molecule has 24 heavy (non-hydrogen) atoms. The van der Waals surface area contributed by atoms with E-state index in [4.69, 9.17) is 0 Å². The lowest BCUT2D eigenvalue weighted by molar-refractivity contribution is -0.275. The standard InChI is InChI=1S/C16H21F3N2O.2ClH/c1-2-3-7-14(21-11-9-20-10-12-21)13-6-4-5-8-15(13)22-16(17,18)19;;/h2,4-6,8,14,20H,1,3,7,9-12H2;2*1H/t14-;;/m0../s1. The second-order valence-corrected chi connectivity index (χ2v) is 5.25. The highest BCUT2D eigenvalue weighted by Gasteiger charge is 2.33. The summed E-state index contributed by atoms with van der Waals surface area (Å²) in [6.45, 7) is 7.01. The molecule has 0 aliphatic carbocycles. The van der Waals surface area contributed by atoms with Gasteiger partial charge >= 0.3 is 6.36 Å². The smallest absolute Gasteiger partial charge is 0.405 e. The van der Waals surface area contributed by atoms with Gasteiger partial charge in [0.15, 0.2) is 0 Å². The number of benzene rings is 1. The van der Waals surface area contributed by atoms with E-state index in [0.717, 1.165) is 39.0 Å². The maximum Gasteiger partial charge on any atom is 0.573 e. The maximum atomic E-state index is 12.6. The van der Waals surface area contributed by atoms with E-state index in [-0.39, 0.29) is 36.6 Å². The minimum Gasteiger partial charge on any atom is -0.405 e. The summed E-state index contributed by atoms with van der Waals surface area (Å²) in [5.41, 5.74) is 0.587. The fourth-order valence-corrected chi connectivity index (χ4v) is 2.78. The molecule has 1 atom stereocenters. The Morgan fingerprint density at radius 1 is 1.21 bits per heavy atom. The van der Waals surface area contributed by atoms with Gasteiger partial charge in [-0.05, 0) is 18.9 Å². The van der Waals surface area contributed by atoms with Crippen LogP contribution in [-0.2, 0) is 0 Å². The molecule has 1 saturated heterocycles. The summed E-state index contributed by atoms with van der Waals surface area (Å²) in [5, 5.41) is 3.26. The third-order valence-electron chi connectivity index (χ3n) is 3.74. The number of ether oxygens (including phenoxy) is 1. The Kier molecular flexibility index (Phi) is 10.4. The van der Waals surface area contributed by atoms with Gasteiger partial charge in [-0.15, -0.1) is 44.6 Å². The Labute approximate surface area is 153 Å². The molecule has 1 aliphatic heterocycles. The number of rotatable bonds is 6. The lowest BCUT2D eigenvalue weighted by Crippen LogP contribution is -2.45. The minimum absolute atomic E-state index is 0. The number of hydrogen-bond acceptors (Lipinski definition) is 3. The highest BCUT2D eigenvalue weighted by Crippen LogP contribution is 2.35. The Morgan fingerprint density at radius 3 is 2.42 bits per heavy atom. The summed E-state index contributed by atoms with van der Waals surface area (Å²) in [7, 11) is 0. The second-order valence-electron chi connectivity index (χ2n) is 5.25. The van der Waals surface area contributed by atoms with Crippen LogP contribution in [0, 0.1) is 0 Å². The van der Waals surface area contributed by atoms with E-state index in [1.807, 2.05) is 0 Å². The number of nitrogens with one attached hydrogen (secondary N) is 1. The van der Waals surface area contributed by atoms with Gasteiger partial charge in [-0.25, -0.2) is 0 Å².